The highest BCUT2D eigenvalue weighted by Crippen LogP contribution is 2.19. The molecule has 19 heavy (non-hydrogen) atoms. The van der Waals surface area contributed by atoms with Gasteiger partial charge in [-0.05, 0) is 19.4 Å². The van der Waals surface area contributed by atoms with Crippen LogP contribution in [0.3, 0.4) is 0 Å². The first-order valence-corrected chi connectivity index (χ1v) is 6.27. The van der Waals surface area contributed by atoms with Crippen molar-refractivity contribution in [3.05, 3.63) is 12.7 Å². The molecule has 0 atom stereocenters. The second-order valence-electron chi connectivity index (χ2n) is 4.55. The maximum Gasteiger partial charge on any atom is 0.165 e. The van der Waals surface area contributed by atoms with Crippen LogP contribution in [-0.2, 0) is 6.54 Å². The third-order valence-electron chi connectivity index (χ3n) is 2.91. The molecule has 0 aliphatic carbocycles. The predicted octanol–water partition coefficient (Wildman–Crippen LogP) is 1.44. The molecular weight excluding hydrogens is 264 g/mol. The monoisotopic (exact) mass is 284 g/mol. The molecule has 0 unspecified atom stereocenters. The minimum absolute atomic E-state index is 0. The summed E-state index contributed by atoms with van der Waals surface area (Å²) < 4.78 is 2.08. The summed E-state index contributed by atoms with van der Waals surface area (Å²) in [4.78, 5) is 14.9. The van der Waals surface area contributed by atoms with Gasteiger partial charge in [0.1, 0.15) is 6.33 Å². The number of hydrogen-bond acceptors (Lipinski definition) is 5. The van der Waals surface area contributed by atoms with E-state index in [1.165, 1.54) is 0 Å². The quantitative estimate of drug-likeness (QED) is 0.813. The molecule has 2 rings (SSSR count). The topological polar surface area (TPSA) is 72.9 Å². The van der Waals surface area contributed by atoms with Crippen LogP contribution in [0.5, 0.6) is 0 Å². The van der Waals surface area contributed by atoms with Gasteiger partial charge in [-0.2, -0.15) is 0 Å². The van der Waals surface area contributed by atoms with E-state index in [0.717, 1.165) is 49.3 Å². The van der Waals surface area contributed by atoms with Gasteiger partial charge in [-0.1, -0.05) is 6.42 Å². The van der Waals surface area contributed by atoms with Crippen LogP contribution >= 0.6 is 12.4 Å². The number of rotatable bonds is 6. The molecular formula is C12H21ClN6. The van der Waals surface area contributed by atoms with Crippen LogP contribution in [0.2, 0.25) is 0 Å². The van der Waals surface area contributed by atoms with E-state index < -0.39 is 0 Å². The normalized spacial score (nSPS) is 10.5. The van der Waals surface area contributed by atoms with Crippen LogP contribution in [0.4, 0.5) is 5.82 Å². The summed E-state index contributed by atoms with van der Waals surface area (Å²) in [5.74, 6) is 0.862. The summed E-state index contributed by atoms with van der Waals surface area (Å²) in [6.07, 6.45) is 6.75. The number of aryl methyl sites for hydroxylation is 1. The largest absolute Gasteiger partial charge is 0.361 e. The van der Waals surface area contributed by atoms with Crippen molar-refractivity contribution in [2.24, 2.45) is 5.73 Å². The lowest BCUT2D eigenvalue weighted by molar-refractivity contribution is 0.598. The fourth-order valence-corrected chi connectivity index (χ4v) is 1.96. The Bertz CT molecular complexity index is 510. The first-order chi connectivity index (χ1) is 8.74. The number of nitrogens with two attached hydrogens (primary N) is 1. The third-order valence-corrected chi connectivity index (χ3v) is 2.91. The fraction of sp³-hybridized carbons (Fsp3) is 0.583. The van der Waals surface area contributed by atoms with Crippen LogP contribution in [-0.4, -0.2) is 40.2 Å². The van der Waals surface area contributed by atoms with E-state index in [9.17, 15) is 0 Å². The average molecular weight is 285 g/mol. The van der Waals surface area contributed by atoms with E-state index in [2.05, 4.69) is 19.5 Å². The van der Waals surface area contributed by atoms with Crippen molar-refractivity contribution in [3.8, 4) is 0 Å². The zero-order valence-electron chi connectivity index (χ0n) is 11.4. The van der Waals surface area contributed by atoms with E-state index in [4.69, 9.17) is 5.73 Å². The van der Waals surface area contributed by atoms with Crippen molar-refractivity contribution in [2.45, 2.75) is 25.8 Å². The Kier molecular flexibility index (Phi) is 5.98. The Morgan fingerprint density at radius 2 is 1.95 bits per heavy atom. The maximum absolute atomic E-state index is 5.49. The molecule has 0 saturated carbocycles. The lowest BCUT2D eigenvalue weighted by Gasteiger charge is -2.10. The Labute approximate surface area is 119 Å². The summed E-state index contributed by atoms with van der Waals surface area (Å²) >= 11 is 0. The molecule has 0 aliphatic rings. The second kappa shape index (κ2) is 7.25. The Hall–Kier alpha value is -1.40. The summed E-state index contributed by atoms with van der Waals surface area (Å²) in [6, 6.07) is 0. The molecule has 0 spiro atoms. The maximum atomic E-state index is 5.49. The highest BCUT2D eigenvalue weighted by atomic mass is 35.5. The number of anilines is 1. The average Bonchev–Trinajstić information content (AvgIpc) is 2.77. The van der Waals surface area contributed by atoms with Crippen LogP contribution in [0.25, 0.3) is 11.2 Å². The molecule has 0 aromatic carbocycles. The van der Waals surface area contributed by atoms with Gasteiger partial charge in [0.2, 0.25) is 0 Å². The van der Waals surface area contributed by atoms with Crippen molar-refractivity contribution in [2.75, 3.05) is 25.5 Å². The Morgan fingerprint density at radius 3 is 2.63 bits per heavy atom. The Balaban J connectivity index is 0.00000180. The SMILES string of the molecule is CN(C)c1ncnc2c1ncn2CCCCCN.Cl. The highest BCUT2D eigenvalue weighted by molar-refractivity contribution is 5.85. The summed E-state index contributed by atoms with van der Waals surface area (Å²) in [7, 11) is 3.92. The molecule has 2 aromatic rings. The van der Waals surface area contributed by atoms with Gasteiger partial charge in [0.15, 0.2) is 17.0 Å². The molecule has 0 aliphatic heterocycles. The molecule has 6 nitrogen and oxygen atoms in total. The van der Waals surface area contributed by atoms with Crippen molar-refractivity contribution in [1.29, 1.82) is 0 Å². The van der Waals surface area contributed by atoms with E-state index in [1.54, 1.807) is 6.33 Å². The van der Waals surface area contributed by atoms with Crippen molar-refractivity contribution < 1.29 is 0 Å². The summed E-state index contributed by atoms with van der Waals surface area (Å²) in [5.41, 5.74) is 7.25. The molecule has 0 bridgehead atoms. The number of hydrogen-bond donors (Lipinski definition) is 1. The third kappa shape index (κ3) is 3.54. The smallest absolute Gasteiger partial charge is 0.165 e. The van der Waals surface area contributed by atoms with Gasteiger partial charge in [0, 0.05) is 20.6 Å². The number of aromatic nitrogens is 4. The highest BCUT2D eigenvalue weighted by Gasteiger charge is 2.10. The lowest BCUT2D eigenvalue weighted by atomic mass is 10.2. The zero-order valence-corrected chi connectivity index (χ0v) is 12.2. The second-order valence-corrected chi connectivity index (χ2v) is 4.55. The summed E-state index contributed by atoms with van der Waals surface area (Å²) in [6.45, 7) is 1.69. The number of fused-ring (bicyclic) bond motifs is 1. The molecule has 0 amide bonds. The van der Waals surface area contributed by atoms with Gasteiger partial charge in [0.25, 0.3) is 0 Å². The van der Waals surface area contributed by atoms with Crippen LogP contribution in [0.15, 0.2) is 12.7 Å². The molecule has 106 valence electrons. The number of halogens is 1. The molecule has 2 aromatic heterocycles. The van der Waals surface area contributed by atoms with E-state index in [0.29, 0.717) is 0 Å². The molecule has 7 heteroatoms. The number of imidazole rings is 1. The molecule has 2 N–H and O–H groups in total. The standard InChI is InChI=1S/C12H20N6.ClH/c1-17(2)11-10-12(15-8-14-11)18(9-16-10)7-5-3-4-6-13;/h8-9H,3-7,13H2,1-2H3;1H. The van der Waals surface area contributed by atoms with Gasteiger partial charge in [0.05, 0.1) is 6.33 Å². The first-order valence-electron chi connectivity index (χ1n) is 6.27. The van der Waals surface area contributed by atoms with Crippen molar-refractivity contribution in [1.82, 2.24) is 19.5 Å². The van der Waals surface area contributed by atoms with Crippen LogP contribution in [0.1, 0.15) is 19.3 Å². The van der Waals surface area contributed by atoms with Crippen molar-refractivity contribution in [3.63, 3.8) is 0 Å². The van der Waals surface area contributed by atoms with Crippen molar-refractivity contribution >= 4 is 29.4 Å². The van der Waals surface area contributed by atoms with E-state index >= 15 is 0 Å². The predicted molar refractivity (Wildman–Crippen MR) is 79.8 cm³/mol. The van der Waals surface area contributed by atoms with Gasteiger partial charge in [-0.15, -0.1) is 12.4 Å². The van der Waals surface area contributed by atoms with Gasteiger partial charge < -0.3 is 15.2 Å². The molecule has 0 radical (unpaired) electrons. The molecule has 2 heterocycles. The van der Waals surface area contributed by atoms with Gasteiger partial charge >= 0.3 is 0 Å². The number of nitrogens with zero attached hydrogens (tertiary/aromatic N) is 5. The number of unbranched alkanes of at least 4 members (excludes halogenated alkanes) is 2. The van der Waals surface area contributed by atoms with Crippen LogP contribution in [0, 0.1) is 0 Å². The molecule has 0 fully saturated rings. The van der Waals surface area contributed by atoms with E-state index in [-0.39, 0.29) is 12.4 Å². The summed E-state index contributed by atoms with van der Waals surface area (Å²) in [5, 5.41) is 0. The minimum Gasteiger partial charge on any atom is -0.361 e. The van der Waals surface area contributed by atoms with Crippen LogP contribution < -0.4 is 10.6 Å². The lowest BCUT2D eigenvalue weighted by Crippen LogP contribution is -2.11. The fourth-order valence-electron chi connectivity index (χ4n) is 1.96. The van der Waals surface area contributed by atoms with E-state index in [1.807, 2.05) is 25.3 Å². The minimum atomic E-state index is 0. The molecule has 0 saturated heterocycles. The zero-order chi connectivity index (χ0) is 13.0. The van der Waals surface area contributed by atoms with Gasteiger partial charge in [-0.25, -0.2) is 15.0 Å². The van der Waals surface area contributed by atoms with Gasteiger partial charge in [-0.3, -0.25) is 0 Å². The first kappa shape index (κ1) is 15.7. The Morgan fingerprint density at radius 1 is 1.16 bits per heavy atom.